The van der Waals surface area contributed by atoms with E-state index < -0.39 is 0 Å². The number of carbonyl (C=O) groups is 1. The van der Waals surface area contributed by atoms with E-state index in [-0.39, 0.29) is 11.8 Å². The molecule has 3 rings (SSSR count). The molecule has 1 saturated heterocycles. The van der Waals surface area contributed by atoms with E-state index >= 15 is 0 Å². The minimum Gasteiger partial charge on any atom is -0.420 e. The van der Waals surface area contributed by atoms with Crippen LogP contribution in [0.3, 0.4) is 0 Å². The number of nitrogens with zero attached hydrogens (tertiary/aromatic N) is 3. The van der Waals surface area contributed by atoms with Gasteiger partial charge in [-0.15, -0.1) is 10.2 Å². The van der Waals surface area contributed by atoms with Crippen molar-refractivity contribution >= 4 is 5.91 Å². The number of likely N-dealkylation sites (tertiary alicyclic amines) is 1. The molecule has 2 aromatic rings. The van der Waals surface area contributed by atoms with Gasteiger partial charge in [-0.05, 0) is 31.4 Å². The molecule has 0 saturated carbocycles. The number of carbonyl (C=O) groups excluding carboxylic acids is 1. The minimum absolute atomic E-state index is 0.138. The summed E-state index contributed by atoms with van der Waals surface area (Å²) in [4.78, 5) is 13.2. The third-order valence-electron chi connectivity index (χ3n) is 4.11. The molecule has 110 valence electrons. The van der Waals surface area contributed by atoms with Gasteiger partial charge in [-0.25, -0.2) is 0 Å². The average molecular weight is 285 g/mol. The summed E-state index contributed by atoms with van der Waals surface area (Å²) in [5.41, 5.74) is 2.11. The van der Waals surface area contributed by atoms with Crippen LogP contribution < -0.4 is 0 Å². The molecule has 1 aliphatic heterocycles. The number of piperidine rings is 1. The molecule has 0 unspecified atom stereocenters. The fraction of sp³-hybridized carbons (Fsp3) is 0.438. The maximum absolute atomic E-state index is 11.3. The quantitative estimate of drug-likeness (QED) is 0.851. The number of benzene rings is 1. The first kappa shape index (κ1) is 13.8. The first-order chi connectivity index (χ1) is 10.1. The summed E-state index contributed by atoms with van der Waals surface area (Å²) in [5.74, 6) is 1.67. The molecule has 1 aromatic heterocycles. The van der Waals surface area contributed by atoms with E-state index in [1.807, 2.05) is 36.1 Å². The summed E-state index contributed by atoms with van der Waals surface area (Å²) < 4.78 is 5.86. The molecule has 0 radical (unpaired) electrons. The van der Waals surface area contributed by atoms with E-state index in [9.17, 15) is 4.79 Å². The van der Waals surface area contributed by atoms with Crippen LogP contribution in [-0.4, -0.2) is 34.1 Å². The summed E-state index contributed by atoms with van der Waals surface area (Å²) in [6.07, 6.45) is 1.77. The standard InChI is InChI=1S/C16H19N3O2/c1-11-5-3-4-6-14(11)16-18-17-15(21-16)13-7-9-19(10-8-13)12(2)20/h3-6,13H,7-10H2,1-2H3. The lowest BCUT2D eigenvalue weighted by Gasteiger charge is -2.29. The van der Waals surface area contributed by atoms with E-state index in [0.29, 0.717) is 11.8 Å². The van der Waals surface area contributed by atoms with Crippen LogP contribution in [0.2, 0.25) is 0 Å². The van der Waals surface area contributed by atoms with Crippen molar-refractivity contribution in [1.82, 2.24) is 15.1 Å². The monoisotopic (exact) mass is 285 g/mol. The molecular weight excluding hydrogens is 266 g/mol. The van der Waals surface area contributed by atoms with E-state index in [2.05, 4.69) is 10.2 Å². The number of aryl methyl sites for hydroxylation is 1. The second-order valence-electron chi connectivity index (χ2n) is 5.54. The summed E-state index contributed by atoms with van der Waals surface area (Å²) in [5, 5.41) is 8.39. The van der Waals surface area contributed by atoms with Crippen LogP contribution in [0, 0.1) is 6.92 Å². The molecule has 5 nitrogen and oxygen atoms in total. The van der Waals surface area contributed by atoms with Crippen molar-refractivity contribution in [3.63, 3.8) is 0 Å². The molecule has 0 atom stereocenters. The van der Waals surface area contributed by atoms with E-state index in [0.717, 1.165) is 37.1 Å². The normalized spacial score (nSPS) is 16.2. The lowest BCUT2D eigenvalue weighted by atomic mass is 9.97. The second kappa shape index (κ2) is 5.68. The Kier molecular flexibility index (Phi) is 3.73. The number of hydrogen-bond donors (Lipinski definition) is 0. The maximum Gasteiger partial charge on any atom is 0.248 e. The lowest BCUT2D eigenvalue weighted by molar-refractivity contribution is -0.129. The van der Waals surface area contributed by atoms with E-state index in [1.54, 1.807) is 6.92 Å². The SMILES string of the molecule is CC(=O)N1CCC(c2nnc(-c3ccccc3C)o2)CC1. The highest BCUT2D eigenvalue weighted by Crippen LogP contribution is 2.30. The molecule has 0 bridgehead atoms. The van der Waals surface area contributed by atoms with Crippen LogP contribution in [0.5, 0.6) is 0 Å². The van der Waals surface area contributed by atoms with Crippen molar-refractivity contribution in [1.29, 1.82) is 0 Å². The maximum atomic E-state index is 11.3. The fourth-order valence-electron chi connectivity index (χ4n) is 2.76. The van der Waals surface area contributed by atoms with Crippen LogP contribution in [0.15, 0.2) is 28.7 Å². The van der Waals surface area contributed by atoms with Gasteiger partial charge in [0.15, 0.2) is 0 Å². The Morgan fingerprint density at radius 3 is 2.62 bits per heavy atom. The summed E-state index contributed by atoms with van der Waals surface area (Å²) in [6.45, 7) is 5.18. The molecule has 21 heavy (non-hydrogen) atoms. The minimum atomic E-state index is 0.138. The summed E-state index contributed by atoms with van der Waals surface area (Å²) in [7, 11) is 0. The predicted molar refractivity (Wildman–Crippen MR) is 78.7 cm³/mol. The van der Waals surface area contributed by atoms with Crippen molar-refractivity contribution in [3.8, 4) is 11.5 Å². The van der Waals surface area contributed by atoms with Gasteiger partial charge in [-0.2, -0.15) is 0 Å². The predicted octanol–water partition coefficient (Wildman–Crippen LogP) is 2.77. The third kappa shape index (κ3) is 2.82. The number of hydrogen-bond acceptors (Lipinski definition) is 4. The van der Waals surface area contributed by atoms with E-state index in [4.69, 9.17) is 4.42 Å². The highest BCUT2D eigenvalue weighted by Gasteiger charge is 2.26. The van der Waals surface area contributed by atoms with Gasteiger partial charge in [-0.3, -0.25) is 4.79 Å². The van der Waals surface area contributed by atoms with Gasteiger partial charge >= 0.3 is 0 Å². The van der Waals surface area contributed by atoms with Gasteiger partial charge in [0, 0.05) is 31.5 Å². The first-order valence-corrected chi connectivity index (χ1v) is 7.30. The Hall–Kier alpha value is -2.17. The topological polar surface area (TPSA) is 59.2 Å². The Labute approximate surface area is 124 Å². The number of amides is 1. The van der Waals surface area contributed by atoms with Crippen molar-refractivity contribution in [3.05, 3.63) is 35.7 Å². The molecule has 2 heterocycles. The van der Waals surface area contributed by atoms with Crippen LogP contribution >= 0.6 is 0 Å². The molecule has 0 spiro atoms. The molecule has 1 aromatic carbocycles. The Morgan fingerprint density at radius 1 is 1.24 bits per heavy atom. The first-order valence-electron chi connectivity index (χ1n) is 7.30. The smallest absolute Gasteiger partial charge is 0.248 e. The zero-order chi connectivity index (χ0) is 14.8. The molecule has 0 aliphatic carbocycles. The molecule has 1 aliphatic rings. The average Bonchev–Trinajstić information content (AvgIpc) is 2.97. The zero-order valence-electron chi connectivity index (χ0n) is 12.4. The zero-order valence-corrected chi connectivity index (χ0v) is 12.4. The molecule has 1 fully saturated rings. The van der Waals surface area contributed by atoms with Gasteiger partial charge < -0.3 is 9.32 Å². The van der Waals surface area contributed by atoms with Crippen molar-refractivity contribution in [2.24, 2.45) is 0 Å². The third-order valence-corrected chi connectivity index (χ3v) is 4.11. The van der Waals surface area contributed by atoms with Crippen LogP contribution in [-0.2, 0) is 4.79 Å². The van der Waals surface area contributed by atoms with Crippen LogP contribution in [0.25, 0.3) is 11.5 Å². The Morgan fingerprint density at radius 2 is 1.95 bits per heavy atom. The fourth-order valence-corrected chi connectivity index (χ4v) is 2.76. The van der Waals surface area contributed by atoms with Gasteiger partial charge in [0.05, 0.1) is 0 Å². The Bertz CT molecular complexity index is 642. The summed E-state index contributed by atoms with van der Waals surface area (Å²) in [6, 6.07) is 7.99. The van der Waals surface area contributed by atoms with Crippen LogP contribution in [0.1, 0.15) is 37.1 Å². The van der Waals surface area contributed by atoms with Gasteiger partial charge in [0.25, 0.3) is 0 Å². The molecular formula is C16H19N3O2. The molecule has 1 amide bonds. The van der Waals surface area contributed by atoms with Crippen molar-refractivity contribution < 1.29 is 9.21 Å². The van der Waals surface area contributed by atoms with Gasteiger partial charge in [0.1, 0.15) is 0 Å². The number of aromatic nitrogens is 2. The molecule has 0 N–H and O–H groups in total. The highest BCUT2D eigenvalue weighted by molar-refractivity contribution is 5.73. The van der Waals surface area contributed by atoms with Gasteiger partial charge in [0.2, 0.25) is 17.7 Å². The van der Waals surface area contributed by atoms with Crippen molar-refractivity contribution in [2.45, 2.75) is 32.6 Å². The van der Waals surface area contributed by atoms with Crippen molar-refractivity contribution in [2.75, 3.05) is 13.1 Å². The highest BCUT2D eigenvalue weighted by atomic mass is 16.4. The summed E-state index contributed by atoms with van der Waals surface area (Å²) >= 11 is 0. The van der Waals surface area contributed by atoms with Crippen LogP contribution in [0.4, 0.5) is 0 Å². The Balaban J connectivity index is 1.74. The van der Waals surface area contributed by atoms with Gasteiger partial charge in [-0.1, -0.05) is 18.2 Å². The number of rotatable bonds is 2. The molecule has 5 heteroatoms. The van der Waals surface area contributed by atoms with E-state index in [1.165, 1.54) is 0 Å². The lowest BCUT2D eigenvalue weighted by Crippen LogP contribution is -2.36. The second-order valence-corrected chi connectivity index (χ2v) is 5.54. The largest absolute Gasteiger partial charge is 0.420 e.